The number of sulfonamides is 1. The Labute approximate surface area is 361 Å². The first-order valence-electron chi connectivity index (χ1n) is 18.8. The number of hydrogen-bond acceptors (Lipinski definition) is 23. The number of sulfone groups is 1. The number of fused-ring (bicyclic) bond motifs is 1. The minimum atomic E-state index is -4.64. The summed E-state index contributed by atoms with van der Waals surface area (Å²) in [5.74, 6) is -10.7. The fraction of sp³-hybridized carbons (Fsp3) is 0.639. The molecule has 1 aliphatic heterocycles. The first-order chi connectivity index (χ1) is 28.5. The monoisotopic (exact) mass is 942 g/mol. The van der Waals surface area contributed by atoms with Crippen LogP contribution < -0.4 is 10.0 Å². The number of thiophene rings is 1. The third-order valence-corrected chi connectivity index (χ3v) is 14.2. The molecule has 0 spiro atoms. The molecule has 0 aromatic carbocycles. The van der Waals surface area contributed by atoms with Gasteiger partial charge in [-0.15, -0.1) is 11.3 Å². The van der Waals surface area contributed by atoms with Crippen LogP contribution in [0.3, 0.4) is 0 Å². The number of carbonyl (C=O) groups is 9. The molecular formula is C36H50N2O21S3. The van der Waals surface area contributed by atoms with Crippen LogP contribution in [0.1, 0.15) is 94.2 Å². The fourth-order valence-corrected chi connectivity index (χ4v) is 10.0. The molecule has 26 heteroatoms. The van der Waals surface area contributed by atoms with E-state index in [1.807, 2.05) is 0 Å². The van der Waals surface area contributed by atoms with Gasteiger partial charge in [0.15, 0.2) is 58.7 Å². The van der Waals surface area contributed by atoms with Gasteiger partial charge in [0.1, 0.15) is 8.42 Å². The summed E-state index contributed by atoms with van der Waals surface area (Å²) in [6.45, 7) is 13.4. The van der Waals surface area contributed by atoms with Crippen molar-refractivity contribution in [2.24, 2.45) is 0 Å². The van der Waals surface area contributed by atoms with Crippen molar-refractivity contribution in [1.82, 2.24) is 10.0 Å². The maximum absolute atomic E-state index is 13.1. The zero-order valence-electron chi connectivity index (χ0n) is 35.6. The summed E-state index contributed by atoms with van der Waals surface area (Å²) in [5.41, 5.74) is 0.251. The van der Waals surface area contributed by atoms with Gasteiger partial charge in [-0.2, -0.15) is 0 Å². The van der Waals surface area contributed by atoms with Crippen molar-refractivity contribution in [3.05, 3.63) is 11.6 Å². The molecule has 2 rings (SSSR count). The average molecular weight is 943 g/mol. The van der Waals surface area contributed by atoms with Crippen molar-refractivity contribution < 1.29 is 97.9 Å². The Morgan fingerprint density at radius 1 is 0.629 bits per heavy atom. The van der Waals surface area contributed by atoms with Gasteiger partial charge in [0.2, 0.25) is 0 Å². The molecular weight excluding hydrogens is 893 g/mol. The molecule has 0 fully saturated rings. The summed E-state index contributed by atoms with van der Waals surface area (Å²) in [6, 6.07) is 0.717. The maximum atomic E-state index is 13.1. The number of ether oxygens (including phenoxy) is 8. The largest absolute Gasteiger partial charge is 0.451 e. The van der Waals surface area contributed by atoms with Crippen molar-refractivity contribution >= 4 is 84.9 Å². The van der Waals surface area contributed by atoms with Crippen LogP contribution in [0.4, 0.5) is 0 Å². The highest BCUT2D eigenvalue weighted by Crippen LogP contribution is 2.42. The molecule has 2 N–H and O–H groups in total. The van der Waals surface area contributed by atoms with Crippen molar-refractivity contribution in [3.63, 3.8) is 0 Å². The molecule has 23 nitrogen and oxygen atoms in total. The summed E-state index contributed by atoms with van der Waals surface area (Å²) in [5, 5.41) is 2.33. The molecule has 1 aromatic rings. The quantitative estimate of drug-likeness (QED) is 0.131. The van der Waals surface area contributed by atoms with Gasteiger partial charge in [-0.05, 0) is 81.3 Å². The third kappa shape index (κ3) is 14.4. The van der Waals surface area contributed by atoms with E-state index in [4.69, 9.17) is 33.2 Å². The zero-order valence-corrected chi connectivity index (χ0v) is 38.0. The van der Waals surface area contributed by atoms with Crippen LogP contribution in [0.2, 0.25) is 0 Å². The number of rotatable bonds is 20. The molecule has 1 amide bonds. The molecule has 0 bridgehead atoms. The Morgan fingerprint density at radius 2 is 0.952 bits per heavy atom. The van der Waals surface area contributed by atoms with E-state index in [0.717, 1.165) is 61.5 Å². The first-order valence-corrected chi connectivity index (χ1v) is 22.7. The zero-order chi connectivity index (χ0) is 47.6. The number of carbonyl (C=O) groups excluding carboxylic acids is 9. The van der Waals surface area contributed by atoms with E-state index in [1.54, 1.807) is 11.6 Å². The second-order valence-electron chi connectivity index (χ2n) is 13.8. The van der Waals surface area contributed by atoms with Gasteiger partial charge in [-0.3, -0.25) is 9.59 Å². The topological polar surface area (TPSA) is 320 Å². The first kappa shape index (κ1) is 52.9. The Bertz CT molecular complexity index is 2120. The minimum Gasteiger partial charge on any atom is -0.451 e. The van der Waals surface area contributed by atoms with Crippen LogP contribution in [-0.2, 0) is 101 Å². The van der Waals surface area contributed by atoms with Gasteiger partial charge in [-0.25, -0.2) is 55.1 Å². The lowest BCUT2D eigenvalue weighted by molar-refractivity contribution is -0.188. The van der Waals surface area contributed by atoms with E-state index >= 15 is 0 Å². The second-order valence-corrected chi connectivity index (χ2v) is 19.3. The Balaban J connectivity index is 1.87. The highest BCUT2D eigenvalue weighted by molar-refractivity contribution is 7.95. The average Bonchev–Trinajstić information content (AvgIpc) is 3.64. The maximum Gasteiger partial charge on any atom is 0.347 e. The van der Waals surface area contributed by atoms with E-state index < -0.39 is 138 Å². The van der Waals surface area contributed by atoms with Crippen LogP contribution in [0.25, 0.3) is 0 Å². The number of hydrogen-bond donors (Lipinski definition) is 2. The van der Waals surface area contributed by atoms with E-state index in [1.165, 1.54) is 13.8 Å². The lowest BCUT2D eigenvalue weighted by Gasteiger charge is -2.27. The van der Waals surface area contributed by atoms with Crippen LogP contribution in [-0.4, -0.2) is 131 Å². The second kappa shape index (κ2) is 22.2. The number of esters is 8. The number of amides is 1. The Morgan fingerprint density at radius 3 is 1.27 bits per heavy atom. The molecule has 2 heterocycles. The number of nitrogens with one attached hydrogen (secondary N) is 2. The molecule has 1 aromatic heterocycles. The van der Waals surface area contributed by atoms with Crippen molar-refractivity contribution in [2.75, 3.05) is 6.54 Å². The van der Waals surface area contributed by atoms with Gasteiger partial charge in [0.25, 0.3) is 15.9 Å². The molecule has 1 aliphatic rings. The summed E-state index contributed by atoms with van der Waals surface area (Å²) in [6.07, 6.45) is -12.8. The molecule has 0 radical (unpaired) electrons. The normalized spacial score (nSPS) is 19.4. The third-order valence-electron chi connectivity index (χ3n) is 8.47. The lowest BCUT2D eigenvalue weighted by atomic mass is 10.1. The molecule has 0 saturated carbocycles. The summed E-state index contributed by atoms with van der Waals surface area (Å²) in [4.78, 5) is 111. The predicted octanol–water partition coefficient (Wildman–Crippen LogP) is 0.243. The van der Waals surface area contributed by atoms with Gasteiger partial charge >= 0.3 is 47.8 Å². The smallest absolute Gasteiger partial charge is 0.347 e. The molecule has 62 heavy (non-hydrogen) atoms. The van der Waals surface area contributed by atoms with Gasteiger partial charge in [0, 0.05) is 18.5 Å². The molecule has 348 valence electrons. The molecule has 0 aliphatic carbocycles. The summed E-state index contributed by atoms with van der Waals surface area (Å²) >= 11 is 0.475. The van der Waals surface area contributed by atoms with E-state index in [0.29, 0.717) is 17.9 Å². The SMILES string of the molecule is CCN[C@H]1C[C@H](C)S(=O)(=O)c2sc(S(=O)(=O)NC(=O)C(C)OC(=O)C(C)OC(=O)C(C)OC(=O)C(C)OC(=O)C(C)OC(=O)C(C)OC(=O)C(C)OC(=O)C(C)OC(C)=O)cc21. The minimum absolute atomic E-state index is 0.145. The van der Waals surface area contributed by atoms with Crippen LogP contribution >= 0.6 is 11.3 Å². The molecule has 8 unspecified atom stereocenters. The standard InChI is InChI=1S/C36H50N2O21S3/c1-12-37-26-13-15(2)61(48,49)36-25(26)14-27(60-36)62(50,51)38-28(40)16(3)53-30(42)18(5)55-32(44)20(7)57-34(46)22(9)59-35(47)23(10)58-33(45)21(8)56-31(43)19(6)54-29(41)17(4)52-24(11)39/h14-23,26,37H,12-13H2,1-11H3,(H,38,40)/t15-,16?,17?,18?,19?,20?,21?,22?,23?,26-/m0/s1. The lowest BCUT2D eigenvalue weighted by Crippen LogP contribution is -2.42. The van der Waals surface area contributed by atoms with Crippen LogP contribution in [0.5, 0.6) is 0 Å². The van der Waals surface area contributed by atoms with E-state index in [9.17, 15) is 60.0 Å². The predicted molar refractivity (Wildman–Crippen MR) is 207 cm³/mol. The molecule has 0 saturated heterocycles. The van der Waals surface area contributed by atoms with Crippen molar-refractivity contribution in [1.29, 1.82) is 0 Å². The van der Waals surface area contributed by atoms with Gasteiger partial charge in [0.05, 0.1) is 5.25 Å². The highest BCUT2D eigenvalue weighted by Gasteiger charge is 2.40. The highest BCUT2D eigenvalue weighted by atomic mass is 32.3. The summed E-state index contributed by atoms with van der Waals surface area (Å²) < 4.78 is 92.2. The Kier molecular flexibility index (Phi) is 19.0. The summed E-state index contributed by atoms with van der Waals surface area (Å²) in [7, 11) is -8.47. The van der Waals surface area contributed by atoms with Crippen LogP contribution in [0, 0.1) is 0 Å². The van der Waals surface area contributed by atoms with E-state index in [-0.39, 0.29) is 16.2 Å². The van der Waals surface area contributed by atoms with Gasteiger partial charge in [-0.1, -0.05) is 6.92 Å². The Hall–Kier alpha value is -5.21. The van der Waals surface area contributed by atoms with Gasteiger partial charge < -0.3 is 43.2 Å². The van der Waals surface area contributed by atoms with Crippen molar-refractivity contribution in [3.8, 4) is 0 Å². The van der Waals surface area contributed by atoms with Crippen molar-refractivity contribution in [2.45, 2.75) is 151 Å². The fourth-order valence-electron chi connectivity index (χ4n) is 4.97. The van der Waals surface area contributed by atoms with Crippen LogP contribution in [0.15, 0.2) is 14.5 Å². The molecule has 10 atom stereocenters. The van der Waals surface area contributed by atoms with E-state index in [2.05, 4.69) is 10.1 Å².